The Bertz CT molecular complexity index is 1030. The number of carbonyl (C=O) groups is 3. The molecule has 0 amide bonds. The molecule has 0 saturated carbocycles. The normalized spacial score (nSPS) is 12.2. The molecule has 6 heteroatoms. The molecular weight excluding hydrogens is 757 g/mol. The lowest BCUT2D eigenvalue weighted by molar-refractivity contribution is -0.167. The maximum atomic E-state index is 12.8. The van der Waals surface area contributed by atoms with Gasteiger partial charge in [0.1, 0.15) is 13.2 Å². The van der Waals surface area contributed by atoms with Crippen molar-refractivity contribution in [2.45, 2.75) is 284 Å². The molecule has 1 unspecified atom stereocenters. The van der Waals surface area contributed by atoms with Crippen LogP contribution in [0, 0.1) is 0 Å². The van der Waals surface area contributed by atoms with E-state index in [9.17, 15) is 14.4 Å². The summed E-state index contributed by atoms with van der Waals surface area (Å²) < 4.78 is 16.8. The van der Waals surface area contributed by atoms with E-state index in [-0.39, 0.29) is 31.1 Å². The monoisotopic (exact) mass is 857 g/mol. The molecule has 0 N–H and O–H groups in total. The van der Waals surface area contributed by atoms with E-state index in [0.29, 0.717) is 19.3 Å². The van der Waals surface area contributed by atoms with Crippen molar-refractivity contribution < 1.29 is 28.6 Å². The van der Waals surface area contributed by atoms with Crippen molar-refractivity contribution >= 4 is 17.9 Å². The SMILES string of the molecule is CCCCCCCC/C=C/CCCCCCCC(=O)OCC(COC(=O)CCCCCC/C=C/CCCCCCCC)OC(=O)CCCCCC/C=C/CCCCCCCC. The zero-order chi connectivity index (χ0) is 44.4. The number of hydrogen-bond acceptors (Lipinski definition) is 6. The first-order valence-electron chi connectivity index (χ1n) is 26.5. The topological polar surface area (TPSA) is 78.9 Å². The van der Waals surface area contributed by atoms with E-state index < -0.39 is 6.10 Å². The highest BCUT2D eigenvalue weighted by Crippen LogP contribution is 2.14. The number of hydrogen-bond donors (Lipinski definition) is 0. The number of ether oxygens (including phenoxy) is 3. The third-order valence-corrected chi connectivity index (χ3v) is 11.6. The number of allylic oxidation sites excluding steroid dienone is 6. The Labute approximate surface area is 378 Å². The molecule has 0 fully saturated rings. The van der Waals surface area contributed by atoms with Crippen molar-refractivity contribution in [3.05, 3.63) is 36.5 Å². The van der Waals surface area contributed by atoms with Crippen LogP contribution in [0.4, 0.5) is 0 Å². The second-order valence-corrected chi connectivity index (χ2v) is 17.8. The van der Waals surface area contributed by atoms with Gasteiger partial charge >= 0.3 is 17.9 Å². The van der Waals surface area contributed by atoms with Gasteiger partial charge in [0.05, 0.1) is 0 Å². The van der Waals surface area contributed by atoms with Crippen molar-refractivity contribution in [2.75, 3.05) is 13.2 Å². The molecule has 0 aromatic heterocycles. The summed E-state index contributed by atoms with van der Waals surface area (Å²) in [4.78, 5) is 38.0. The number of esters is 3. The number of carbonyl (C=O) groups excluding carboxylic acids is 3. The van der Waals surface area contributed by atoms with Gasteiger partial charge in [0.25, 0.3) is 0 Å². The maximum absolute atomic E-state index is 12.8. The van der Waals surface area contributed by atoms with Gasteiger partial charge in [0.15, 0.2) is 6.10 Å². The molecule has 0 radical (unpaired) electrons. The third kappa shape index (κ3) is 48.5. The second kappa shape index (κ2) is 50.3. The molecule has 0 heterocycles. The predicted octanol–water partition coefficient (Wildman–Crippen LogP) is 17.3. The van der Waals surface area contributed by atoms with E-state index in [1.54, 1.807) is 0 Å². The van der Waals surface area contributed by atoms with Crippen molar-refractivity contribution in [3.8, 4) is 0 Å². The summed E-state index contributed by atoms with van der Waals surface area (Å²) in [6, 6.07) is 0. The molecule has 0 aliphatic heterocycles. The van der Waals surface area contributed by atoms with Gasteiger partial charge in [-0.05, 0) is 96.3 Å². The summed E-state index contributed by atoms with van der Waals surface area (Å²) in [5.74, 6) is -0.905. The lowest BCUT2D eigenvalue weighted by Crippen LogP contribution is -2.30. The minimum Gasteiger partial charge on any atom is -0.462 e. The Morgan fingerprint density at radius 2 is 0.541 bits per heavy atom. The fraction of sp³-hybridized carbons (Fsp3) is 0.836. The van der Waals surface area contributed by atoms with Crippen molar-refractivity contribution in [1.29, 1.82) is 0 Å². The first-order chi connectivity index (χ1) is 30.0. The van der Waals surface area contributed by atoms with Gasteiger partial charge in [-0.2, -0.15) is 0 Å². The molecule has 0 aliphatic carbocycles. The molecular formula is C55H100O6. The van der Waals surface area contributed by atoms with Crippen LogP contribution in [0.3, 0.4) is 0 Å². The van der Waals surface area contributed by atoms with Crippen LogP contribution in [0.2, 0.25) is 0 Å². The second-order valence-electron chi connectivity index (χ2n) is 17.8. The van der Waals surface area contributed by atoms with E-state index in [0.717, 1.165) is 89.9 Å². The maximum Gasteiger partial charge on any atom is 0.306 e. The van der Waals surface area contributed by atoms with Crippen molar-refractivity contribution in [1.82, 2.24) is 0 Å². The van der Waals surface area contributed by atoms with Crippen molar-refractivity contribution in [3.63, 3.8) is 0 Å². The average molecular weight is 857 g/mol. The zero-order valence-corrected chi connectivity index (χ0v) is 40.7. The van der Waals surface area contributed by atoms with E-state index in [1.165, 1.54) is 148 Å². The fourth-order valence-electron chi connectivity index (χ4n) is 7.54. The van der Waals surface area contributed by atoms with Crippen LogP contribution in [-0.4, -0.2) is 37.2 Å². The molecule has 0 aromatic carbocycles. The quantitative estimate of drug-likeness (QED) is 0.0262. The van der Waals surface area contributed by atoms with Crippen LogP contribution in [0.5, 0.6) is 0 Å². The molecule has 0 saturated heterocycles. The minimum atomic E-state index is -0.783. The van der Waals surface area contributed by atoms with E-state index in [2.05, 4.69) is 57.2 Å². The van der Waals surface area contributed by atoms with Gasteiger partial charge < -0.3 is 14.2 Å². The van der Waals surface area contributed by atoms with Crippen LogP contribution in [0.15, 0.2) is 36.5 Å². The fourth-order valence-corrected chi connectivity index (χ4v) is 7.54. The third-order valence-electron chi connectivity index (χ3n) is 11.6. The van der Waals surface area contributed by atoms with Crippen LogP contribution in [0.25, 0.3) is 0 Å². The largest absolute Gasteiger partial charge is 0.462 e. The summed E-state index contributed by atoms with van der Waals surface area (Å²) in [5.41, 5.74) is 0. The Balaban J connectivity index is 4.40. The van der Waals surface area contributed by atoms with Gasteiger partial charge in [0.2, 0.25) is 0 Å². The lowest BCUT2D eigenvalue weighted by Gasteiger charge is -2.18. The van der Waals surface area contributed by atoms with Crippen LogP contribution in [0.1, 0.15) is 278 Å². The van der Waals surface area contributed by atoms with Crippen molar-refractivity contribution in [2.24, 2.45) is 0 Å². The predicted molar refractivity (Wildman–Crippen MR) is 261 cm³/mol. The smallest absolute Gasteiger partial charge is 0.306 e. The first-order valence-corrected chi connectivity index (χ1v) is 26.5. The molecule has 0 spiro atoms. The minimum absolute atomic E-state index is 0.0830. The van der Waals surface area contributed by atoms with Gasteiger partial charge in [-0.1, -0.05) is 198 Å². The molecule has 1 atom stereocenters. The number of unbranched alkanes of at least 4 members (excludes halogenated alkanes) is 31. The summed E-state index contributed by atoms with van der Waals surface area (Å²) in [6.07, 6.45) is 58.4. The Kier molecular flexibility index (Phi) is 48.3. The Morgan fingerprint density at radius 3 is 0.820 bits per heavy atom. The molecule has 0 bridgehead atoms. The van der Waals surface area contributed by atoms with E-state index in [1.807, 2.05) is 0 Å². The van der Waals surface area contributed by atoms with Gasteiger partial charge in [-0.25, -0.2) is 0 Å². The summed E-state index contributed by atoms with van der Waals surface area (Å²) in [6.45, 7) is 6.61. The summed E-state index contributed by atoms with van der Waals surface area (Å²) >= 11 is 0. The number of rotatable bonds is 48. The molecule has 6 nitrogen and oxygen atoms in total. The van der Waals surface area contributed by atoms with Gasteiger partial charge in [-0.3, -0.25) is 14.4 Å². The van der Waals surface area contributed by atoms with Gasteiger partial charge in [-0.15, -0.1) is 0 Å². The highest BCUT2D eigenvalue weighted by Gasteiger charge is 2.19. The standard InChI is InChI=1S/C55H100O6/c1-4-7-10-13-16-19-22-25-28-31-33-36-39-42-45-48-54(57)60-51-52(61-55(58)49-46-43-40-37-34-30-27-24-21-18-15-12-9-6-3)50-59-53(56)47-44-41-38-35-32-29-26-23-20-17-14-11-8-5-2/h25-30,52H,4-24,31-51H2,1-3H3/b28-25+,29-26+,30-27+. The summed E-state index contributed by atoms with van der Waals surface area (Å²) in [7, 11) is 0. The highest BCUT2D eigenvalue weighted by atomic mass is 16.6. The average Bonchev–Trinajstić information content (AvgIpc) is 3.26. The molecule has 0 aliphatic rings. The Morgan fingerprint density at radius 1 is 0.311 bits per heavy atom. The van der Waals surface area contributed by atoms with E-state index >= 15 is 0 Å². The lowest BCUT2D eigenvalue weighted by atomic mass is 10.1. The van der Waals surface area contributed by atoms with Crippen LogP contribution < -0.4 is 0 Å². The van der Waals surface area contributed by atoms with Gasteiger partial charge in [0, 0.05) is 19.3 Å². The van der Waals surface area contributed by atoms with E-state index in [4.69, 9.17) is 14.2 Å². The zero-order valence-electron chi connectivity index (χ0n) is 40.7. The molecule has 0 aromatic rings. The van der Waals surface area contributed by atoms with Crippen LogP contribution in [-0.2, 0) is 28.6 Å². The molecule has 61 heavy (non-hydrogen) atoms. The summed E-state index contributed by atoms with van der Waals surface area (Å²) in [5, 5.41) is 0. The van der Waals surface area contributed by atoms with Crippen LogP contribution >= 0.6 is 0 Å². The first kappa shape index (κ1) is 58.6. The highest BCUT2D eigenvalue weighted by molar-refractivity contribution is 5.71. The Hall–Kier alpha value is -2.37. The molecule has 0 rings (SSSR count). The molecule has 356 valence electrons.